The molecule has 2 aromatic carbocycles. The zero-order valence-corrected chi connectivity index (χ0v) is 12.8. The Morgan fingerprint density at radius 3 is 2.38 bits per heavy atom. The van der Waals surface area contributed by atoms with Gasteiger partial charge in [-0.3, -0.25) is 0 Å². The molecule has 0 saturated heterocycles. The fraction of sp³-hybridized carbons (Fsp3) is 0.368. The van der Waals surface area contributed by atoms with Gasteiger partial charge in [0.1, 0.15) is 12.4 Å². The molecule has 0 aromatic heterocycles. The van der Waals surface area contributed by atoms with Crippen LogP contribution >= 0.6 is 0 Å². The van der Waals surface area contributed by atoms with E-state index < -0.39 is 0 Å². The molecule has 0 unspecified atom stereocenters. The molecule has 0 amide bonds. The summed E-state index contributed by atoms with van der Waals surface area (Å²) < 4.78 is 5.74. The Kier molecular flexibility index (Phi) is 6.82. The monoisotopic (exact) mass is 283 g/mol. The maximum atomic E-state index is 5.74. The Morgan fingerprint density at radius 2 is 1.67 bits per heavy atom. The Balaban J connectivity index is 1.62. The molecule has 1 N–H and O–H groups in total. The number of ether oxygens (including phenoxy) is 1. The van der Waals surface area contributed by atoms with Gasteiger partial charge < -0.3 is 10.1 Å². The van der Waals surface area contributed by atoms with Crippen LogP contribution in [-0.4, -0.2) is 13.2 Å². The van der Waals surface area contributed by atoms with Gasteiger partial charge in [0.2, 0.25) is 0 Å². The number of nitrogens with one attached hydrogen (secondary N) is 1. The van der Waals surface area contributed by atoms with Gasteiger partial charge in [0.25, 0.3) is 0 Å². The van der Waals surface area contributed by atoms with E-state index in [0.29, 0.717) is 6.61 Å². The molecule has 0 saturated carbocycles. The summed E-state index contributed by atoms with van der Waals surface area (Å²) in [6.07, 6.45) is 3.66. The van der Waals surface area contributed by atoms with Crippen molar-refractivity contribution in [3.8, 4) is 5.75 Å². The molecule has 0 aliphatic rings. The molecule has 21 heavy (non-hydrogen) atoms. The second-order valence-electron chi connectivity index (χ2n) is 5.26. The van der Waals surface area contributed by atoms with Gasteiger partial charge in [-0.1, -0.05) is 55.8 Å². The number of rotatable bonds is 9. The molecule has 2 aromatic rings. The van der Waals surface area contributed by atoms with Crippen molar-refractivity contribution in [2.75, 3.05) is 13.2 Å². The van der Waals surface area contributed by atoms with Crippen molar-refractivity contribution in [3.63, 3.8) is 0 Å². The van der Waals surface area contributed by atoms with E-state index >= 15 is 0 Å². The summed E-state index contributed by atoms with van der Waals surface area (Å²) in [4.78, 5) is 0. The molecule has 0 spiro atoms. The molecule has 2 nitrogen and oxygen atoms in total. The van der Waals surface area contributed by atoms with Crippen LogP contribution in [0.4, 0.5) is 0 Å². The van der Waals surface area contributed by atoms with Crippen molar-refractivity contribution in [1.82, 2.24) is 5.32 Å². The van der Waals surface area contributed by atoms with Crippen molar-refractivity contribution < 1.29 is 4.74 Å². The summed E-state index contributed by atoms with van der Waals surface area (Å²) in [5.74, 6) is 0.955. The lowest BCUT2D eigenvalue weighted by Crippen LogP contribution is -2.20. The highest BCUT2D eigenvalue weighted by Gasteiger charge is 1.96. The Bertz CT molecular complexity index is 493. The summed E-state index contributed by atoms with van der Waals surface area (Å²) in [6.45, 7) is 4.66. The van der Waals surface area contributed by atoms with Crippen molar-refractivity contribution in [2.24, 2.45) is 0 Å². The first-order valence-electron chi connectivity index (χ1n) is 7.85. The third-order valence-electron chi connectivity index (χ3n) is 3.46. The molecule has 112 valence electrons. The number of hydrogen-bond acceptors (Lipinski definition) is 2. The molecule has 0 fully saturated rings. The molecule has 0 atom stereocenters. The second-order valence-corrected chi connectivity index (χ2v) is 5.26. The lowest BCUT2D eigenvalue weighted by Gasteiger charge is -2.08. The van der Waals surface area contributed by atoms with Gasteiger partial charge in [-0.2, -0.15) is 0 Å². The maximum absolute atomic E-state index is 5.74. The van der Waals surface area contributed by atoms with Gasteiger partial charge >= 0.3 is 0 Å². The van der Waals surface area contributed by atoms with E-state index in [-0.39, 0.29) is 0 Å². The fourth-order valence-electron chi connectivity index (χ4n) is 2.20. The molecule has 0 heterocycles. The van der Waals surface area contributed by atoms with E-state index in [4.69, 9.17) is 4.74 Å². The molecular formula is C19H25NO. The van der Waals surface area contributed by atoms with E-state index in [0.717, 1.165) is 25.3 Å². The first-order chi connectivity index (χ1) is 10.4. The quantitative estimate of drug-likeness (QED) is 0.696. The zero-order chi connectivity index (χ0) is 14.8. The fourth-order valence-corrected chi connectivity index (χ4v) is 2.20. The van der Waals surface area contributed by atoms with Crippen LogP contribution in [0.3, 0.4) is 0 Å². The van der Waals surface area contributed by atoms with Crippen molar-refractivity contribution in [2.45, 2.75) is 32.7 Å². The van der Waals surface area contributed by atoms with Crippen LogP contribution in [0.25, 0.3) is 0 Å². The first kappa shape index (κ1) is 15.6. The third kappa shape index (κ3) is 6.01. The summed E-state index contributed by atoms with van der Waals surface area (Å²) in [6, 6.07) is 18.9. The summed E-state index contributed by atoms with van der Waals surface area (Å²) in [5.41, 5.74) is 2.70. The molecule has 0 aliphatic carbocycles. The number of benzene rings is 2. The van der Waals surface area contributed by atoms with E-state index in [2.05, 4.69) is 60.8 Å². The van der Waals surface area contributed by atoms with E-state index in [9.17, 15) is 0 Å². The topological polar surface area (TPSA) is 21.3 Å². The first-order valence-corrected chi connectivity index (χ1v) is 7.85. The van der Waals surface area contributed by atoms with Crippen LogP contribution in [0.2, 0.25) is 0 Å². The van der Waals surface area contributed by atoms with Crippen molar-refractivity contribution >= 4 is 0 Å². The standard InChI is InChI=1S/C19H25NO/c1-2-3-7-17-10-12-19(13-11-17)21-15-14-20-16-18-8-5-4-6-9-18/h4-6,8-13,20H,2-3,7,14-16H2,1H3. The normalized spacial score (nSPS) is 10.5. The number of aryl methyl sites for hydroxylation is 1. The van der Waals surface area contributed by atoms with Gasteiger partial charge in [-0.15, -0.1) is 0 Å². The predicted molar refractivity (Wildman–Crippen MR) is 88.7 cm³/mol. The van der Waals surface area contributed by atoms with Gasteiger partial charge in [-0.05, 0) is 36.1 Å². The molecule has 2 heteroatoms. The minimum absolute atomic E-state index is 0.696. The van der Waals surface area contributed by atoms with Crippen molar-refractivity contribution in [1.29, 1.82) is 0 Å². The molecule has 0 bridgehead atoms. The summed E-state index contributed by atoms with van der Waals surface area (Å²) in [7, 11) is 0. The smallest absolute Gasteiger partial charge is 0.119 e. The highest BCUT2D eigenvalue weighted by molar-refractivity contribution is 5.27. The minimum atomic E-state index is 0.696. The van der Waals surface area contributed by atoms with Gasteiger partial charge in [0.05, 0.1) is 0 Å². The predicted octanol–water partition coefficient (Wildman–Crippen LogP) is 4.20. The Hall–Kier alpha value is -1.80. The van der Waals surface area contributed by atoms with Gasteiger partial charge in [0.15, 0.2) is 0 Å². The Labute approximate surface area is 128 Å². The lowest BCUT2D eigenvalue weighted by molar-refractivity contribution is 0.313. The van der Waals surface area contributed by atoms with Crippen LogP contribution < -0.4 is 10.1 Å². The molecule has 2 rings (SSSR count). The SMILES string of the molecule is CCCCc1ccc(OCCNCc2ccccc2)cc1. The van der Waals surface area contributed by atoms with E-state index in [1.54, 1.807) is 0 Å². The molecule has 0 radical (unpaired) electrons. The highest BCUT2D eigenvalue weighted by atomic mass is 16.5. The van der Waals surface area contributed by atoms with Crippen LogP contribution in [0.5, 0.6) is 5.75 Å². The summed E-state index contributed by atoms with van der Waals surface area (Å²) in [5, 5.41) is 3.39. The van der Waals surface area contributed by atoms with Gasteiger partial charge in [0, 0.05) is 13.1 Å². The highest BCUT2D eigenvalue weighted by Crippen LogP contribution is 2.13. The van der Waals surface area contributed by atoms with Crippen LogP contribution in [-0.2, 0) is 13.0 Å². The zero-order valence-electron chi connectivity index (χ0n) is 12.8. The largest absolute Gasteiger partial charge is 0.492 e. The lowest BCUT2D eigenvalue weighted by atomic mass is 10.1. The average Bonchev–Trinajstić information content (AvgIpc) is 2.55. The van der Waals surface area contributed by atoms with Crippen molar-refractivity contribution in [3.05, 3.63) is 65.7 Å². The Morgan fingerprint density at radius 1 is 0.905 bits per heavy atom. The third-order valence-corrected chi connectivity index (χ3v) is 3.46. The minimum Gasteiger partial charge on any atom is -0.492 e. The van der Waals surface area contributed by atoms with Crippen LogP contribution in [0.15, 0.2) is 54.6 Å². The van der Waals surface area contributed by atoms with E-state index in [1.807, 2.05) is 6.07 Å². The number of hydrogen-bond donors (Lipinski definition) is 1. The average molecular weight is 283 g/mol. The van der Waals surface area contributed by atoms with Crippen LogP contribution in [0.1, 0.15) is 30.9 Å². The maximum Gasteiger partial charge on any atom is 0.119 e. The second kappa shape index (κ2) is 9.19. The summed E-state index contributed by atoms with van der Waals surface area (Å²) >= 11 is 0. The number of unbranched alkanes of at least 4 members (excludes halogenated alkanes) is 1. The van der Waals surface area contributed by atoms with Gasteiger partial charge in [-0.25, -0.2) is 0 Å². The van der Waals surface area contributed by atoms with E-state index in [1.165, 1.54) is 24.0 Å². The molecular weight excluding hydrogens is 258 g/mol. The molecule has 0 aliphatic heterocycles. The van der Waals surface area contributed by atoms with Crippen LogP contribution in [0, 0.1) is 0 Å².